The zero-order valence-electron chi connectivity index (χ0n) is 10.9. The molecule has 1 aromatic carbocycles. The van der Waals surface area contributed by atoms with E-state index in [0.717, 1.165) is 16.9 Å². The lowest BCUT2D eigenvalue weighted by Gasteiger charge is -2.03. The minimum absolute atomic E-state index is 0.162. The molecule has 0 amide bonds. The Labute approximate surface area is 124 Å². The van der Waals surface area contributed by atoms with Crippen molar-refractivity contribution in [3.8, 4) is 0 Å². The molecule has 3 aromatic rings. The predicted molar refractivity (Wildman–Crippen MR) is 79.6 cm³/mol. The van der Waals surface area contributed by atoms with Crippen molar-refractivity contribution in [3.05, 3.63) is 58.9 Å². The van der Waals surface area contributed by atoms with Gasteiger partial charge in [-0.05, 0) is 17.7 Å². The predicted octanol–water partition coefficient (Wildman–Crippen LogP) is 3.37. The minimum Gasteiger partial charge on any atom is -0.457 e. The lowest BCUT2D eigenvalue weighted by Crippen LogP contribution is -2.05. The van der Waals surface area contributed by atoms with Gasteiger partial charge in [-0.3, -0.25) is 0 Å². The number of benzene rings is 1. The Kier molecular flexibility index (Phi) is 3.53. The third-order valence-electron chi connectivity index (χ3n) is 2.96. The van der Waals surface area contributed by atoms with Gasteiger partial charge in [-0.1, -0.05) is 30.3 Å². The highest BCUT2D eigenvalue weighted by atomic mass is 32.1. The summed E-state index contributed by atoms with van der Waals surface area (Å²) in [6.07, 6.45) is 0. The van der Waals surface area contributed by atoms with Gasteiger partial charge in [0, 0.05) is 5.39 Å². The molecule has 0 bridgehead atoms. The third-order valence-corrected chi connectivity index (χ3v) is 4.05. The van der Waals surface area contributed by atoms with Crippen LogP contribution in [0, 0.1) is 5.95 Å². The van der Waals surface area contributed by atoms with E-state index in [9.17, 15) is 9.18 Å². The fourth-order valence-corrected chi connectivity index (χ4v) is 2.89. The van der Waals surface area contributed by atoms with E-state index >= 15 is 0 Å². The van der Waals surface area contributed by atoms with Crippen LogP contribution in [0.4, 0.5) is 10.1 Å². The van der Waals surface area contributed by atoms with Gasteiger partial charge in [-0.15, -0.1) is 11.3 Å². The topological polar surface area (TPSA) is 65.2 Å². The van der Waals surface area contributed by atoms with Crippen molar-refractivity contribution < 1.29 is 13.9 Å². The highest BCUT2D eigenvalue weighted by molar-refractivity contribution is 7.21. The smallest absolute Gasteiger partial charge is 0.350 e. The maximum absolute atomic E-state index is 13.1. The normalized spacial score (nSPS) is 10.7. The van der Waals surface area contributed by atoms with Gasteiger partial charge < -0.3 is 10.5 Å². The fraction of sp³-hybridized carbons (Fsp3) is 0.0667. The zero-order valence-corrected chi connectivity index (χ0v) is 11.7. The highest BCUT2D eigenvalue weighted by Gasteiger charge is 2.18. The number of carbonyl (C=O) groups excluding carboxylic acids is 1. The van der Waals surface area contributed by atoms with Crippen LogP contribution in [-0.4, -0.2) is 11.0 Å². The molecule has 0 atom stereocenters. The first-order valence-electron chi connectivity index (χ1n) is 6.20. The summed E-state index contributed by atoms with van der Waals surface area (Å²) < 4.78 is 18.3. The number of aromatic nitrogens is 1. The van der Waals surface area contributed by atoms with Crippen molar-refractivity contribution >= 4 is 33.2 Å². The molecule has 2 N–H and O–H groups in total. The number of hydrogen-bond acceptors (Lipinski definition) is 5. The summed E-state index contributed by atoms with van der Waals surface area (Å²) in [5.41, 5.74) is 7.07. The summed E-state index contributed by atoms with van der Waals surface area (Å²) in [4.78, 5) is 16.4. The summed E-state index contributed by atoms with van der Waals surface area (Å²) in [7, 11) is 0. The van der Waals surface area contributed by atoms with Crippen LogP contribution >= 0.6 is 11.3 Å². The van der Waals surface area contributed by atoms with Crippen LogP contribution in [0.15, 0.2) is 42.5 Å². The first-order valence-corrected chi connectivity index (χ1v) is 7.02. The van der Waals surface area contributed by atoms with E-state index in [-0.39, 0.29) is 17.2 Å². The second-order valence-electron chi connectivity index (χ2n) is 4.39. The molecule has 0 radical (unpaired) electrons. The Morgan fingerprint density at radius 1 is 1.24 bits per heavy atom. The van der Waals surface area contributed by atoms with Crippen molar-refractivity contribution in [3.63, 3.8) is 0 Å². The van der Waals surface area contributed by atoms with E-state index in [4.69, 9.17) is 10.5 Å². The number of nitrogens with two attached hydrogens (primary N) is 1. The first kappa shape index (κ1) is 13.5. The molecule has 3 rings (SSSR count). The Hall–Kier alpha value is -2.47. The number of carbonyl (C=O) groups is 1. The van der Waals surface area contributed by atoms with E-state index in [1.807, 2.05) is 30.3 Å². The molecule has 0 aliphatic carbocycles. The van der Waals surface area contributed by atoms with Gasteiger partial charge in [0.05, 0.1) is 5.69 Å². The molecule has 4 nitrogen and oxygen atoms in total. The Morgan fingerprint density at radius 3 is 2.76 bits per heavy atom. The average molecular weight is 302 g/mol. The SMILES string of the molecule is Nc1c(C(=O)OCc2ccccc2)sc2nc(F)ccc12. The molecule has 0 fully saturated rings. The molecule has 0 saturated carbocycles. The van der Waals surface area contributed by atoms with E-state index in [0.29, 0.717) is 10.2 Å². The standard InChI is InChI=1S/C15H11FN2O2S/c16-11-7-6-10-12(17)13(21-14(10)18-11)15(19)20-8-9-4-2-1-3-5-9/h1-7H,8,17H2. The van der Waals surface area contributed by atoms with Gasteiger partial charge in [-0.25, -0.2) is 9.78 Å². The number of esters is 1. The molecular formula is C15H11FN2O2S. The molecule has 0 aliphatic heterocycles. The number of fused-ring (bicyclic) bond motifs is 1. The minimum atomic E-state index is -0.604. The van der Waals surface area contributed by atoms with E-state index in [1.165, 1.54) is 12.1 Å². The molecule has 0 aliphatic rings. The number of anilines is 1. The molecule has 0 spiro atoms. The van der Waals surface area contributed by atoms with Crippen LogP contribution in [-0.2, 0) is 11.3 Å². The van der Waals surface area contributed by atoms with Crippen LogP contribution in [0.2, 0.25) is 0 Å². The van der Waals surface area contributed by atoms with Gasteiger partial charge in [-0.2, -0.15) is 4.39 Å². The van der Waals surface area contributed by atoms with Gasteiger partial charge in [0.1, 0.15) is 16.3 Å². The van der Waals surface area contributed by atoms with Crippen LogP contribution < -0.4 is 5.73 Å². The summed E-state index contributed by atoms with van der Waals surface area (Å²) in [6, 6.07) is 12.1. The van der Waals surface area contributed by atoms with E-state index in [2.05, 4.69) is 4.98 Å². The third kappa shape index (κ3) is 2.71. The second-order valence-corrected chi connectivity index (χ2v) is 5.39. The molecule has 2 aromatic heterocycles. The van der Waals surface area contributed by atoms with E-state index in [1.54, 1.807) is 0 Å². The lowest BCUT2D eigenvalue weighted by atomic mass is 10.2. The maximum Gasteiger partial charge on any atom is 0.350 e. The molecule has 106 valence electrons. The number of nitrogen functional groups attached to an aromatic ring is 1. The number of nitrogens with zero attached hydrogens (tertiary/aromatic N) is 1. The Morgan fingerprint density at radius 2 is 2.00 bits per heavy atom. The summed E-state index contributed by atoms with van der Waals surface area (Å²) >= 11 is 1.03. The van der Waals surface area contributed by atoms with Crippen molar-refractivity contribution in [2.75, 3.05) is 5.73 Å². The van der Waals surface area contributed by atoms with Crippen molar-refractivity contribution in [2.24, 2.45) is 0 Å². The zero-order chi connectivity index (χ0) is 14.8. The van der Waals surface area contributed by atoms with Crippen molar-refractivity contribution in [1.29, 1.82) is 0 Å². The molecule has 21 heavy (non-hydrogen) atoms. The summed E-state index contributed by atoms with van der Waals surface area (Å²) in [5, 5.41) is 0.563. The maximum atomic E-state index is 13.1. The summed E-state index contributed by atoms with van der Waals surface area (Å²) in [5.74, 6) is -1.13. The second kappa shape index (κ2) is 5.49. The molecule has 0 saturated heterocycles. The van der Waals surface area contributed by atoms with Crippen molar-refractivity contribution in [2.45, 2.75) is 6.61 Å². The van der Waals surface area contributed by atoms with Crippen LogP contribution in [0.1, 0.15) is 15.2 Å². The monoisotopic (exact) mass is 302 g/mol. The molecular weight excluding hydrogens is 291 g/mol. The van der Waals surface area contributed by atoms with Crippen LogP contribution in [0.5, 0.6) is 0 Å². The highest BCUT2D eigenvalue weighted by Crippen LogP contribution is 2.33. The van der Waals surface area contributed by atoms with Gasteiger partial charge >= 0.3 is 5.97 Å². The largest absolute Gasteiger partial charge is 0.457 e. The van der Waals surface area contributed by atoms with Gasteiger partial charge in [0.25, 0.3) is 0 Å². The van der Waals surface area contributed by atoms with Crippen molar-refractivity contribution in [1.82, 2.24) is 4.98 Å². The lowest BCUT2D eigenvalue weighted by molar-refractivity contribution is 0.0480. The number of thiophene rings is 1. The summed E-state index contributed by atoms with van der Waals surface area (Å²) in [6.45, 7) is 0.162. The number of pyridine rings is 1. The number of hydrogen-bond donors (Lipinski definition) is 1. The first-order chi connectivity index (χ1) is 10.1. The van der Waals surface area contributed by atoms with Crippen LogP contribution in [0.25, 0.3) is 10.2 Å². The fourth-order valence-electron chi connectivity index (χ4n) is 1.91. The van der Waals surface area contributed by atoms with E-state index < -0.39 is 11.9 Å². The molecule has 6 heteroatoms. The average Bonchev–Trinajstić information content (AvgIpc) is 2.82. The quantitative estimate of drug-likeness (QED) is 0.595. The number of ether oxygens (including phenoxy) is 1. The van der Waals surface area contributed by atoms with Gasteiger partial charge in [0.15, 0.2) is 0 Å². The Bertz CT molecular complexity index is 802. The number of rotatable bonds is 3. The molecule has 2 heterocycles. The van der Waals surface area contributed by atoms with Crippen LogP contribution in [0.3, 0.4) is 0 Å². The molecule has 0 unspecified atom stereocenters. The Balaban J connectivity index is 1.83. The van der Waals surface area contributed by atoms with Gasteiger partial charge in [0.2, 0.25) is 5.95 Å². The number of halogens is 1.